The first kappa shape index (κ1) is 22.6. The number of rotatable bonds is 2. The molecule has 0 saturated carbocycles. The molecule has 0 atom stereocenters. The zero-order chi connectivity index (χ0) is 20.8. The van der Waals surface area contributed by atoms with E-state index in [0.29, 0.717) is 28.0 Å². The number of hydrogen-bond donors (Lipinski definition) is 0. The third kappa shape index (κ3) is 4.46. The normalized spacial score (nSPS) is 14.0. The fraction of sp³-hybridized carbons (Fsp3) is 0.286. The summed E-state index contributed by atoms with van der Waals surface area (Å²) in [5.41, 5.74) is 2.40. The van der Waals surface area contributed by atoms with E-state index < -0.39 is 11.7 Å². The molecular weight excluding hydrogens is 477 g/mol. The van der Waals surface area contributed by atoms with Crippen LogP contribution in [0.1, 0.15) is 37.5 Å². The fourth-order valence-electron chi connectivity index (χ4n) is 3.04. The molecule has 4 nitrogen and oxygen atoms in total. The van der Waals surface area contributed by atoms with Crippen LogP contribution in [0.25, 0.3) is 11.4 Å². The van der Waals surface area contributed by atoms with Gasteiger partial charge in [0.2, 0.25) is 5.16 Å². The minimum Gasteiger partial charge on any atom is -0.187 e. The van der Waals surface area contributed by atoms with Gasteiger partial charge < -0.3 is 0 Å². The van der Waals surface area contributed by atoms with Crippen LogP contribution in [0.4, 0.5) is 13.2 Å². The largest absolute Gasteiger partial charge is 0.416 e. The number of fused-ring (bicyclic) bond motifs is 1. The van der Waals surface area contributed by atoms with Crippen LogP contribution < -0.4 is 0 Å². The molecule has 0 amide bonds. The first-order valence-electron chi connectivity index (χ1n) is 9.07. The van der Waals surface area contributed by atoms with Crippen molar-refractivity contribution in [1.82, 2.24) is 14.9 Å². The lowest BCUT2D eigenvalue weighted by molar-refractivity contribution is -0.137. The van der Waals surface area contributed by atoms with Gasteiger partial charge in [0.1, 0.15) is 0 Å². The molecule has 0 radical (unpaired) electrons. The van der Waals surface area contributed by atoms with E-state index in [4.69, 9.17) is 0 Å². The molecule has 0 N–H and O–H groups in total. The maximum atomic E-state index is 13.1. The molecule has 2 heterocycles. The van der Waals surface area contributed by atoms with Gasteiger partial charge >= 0.3 is 6.18 Å². The van der Waals surface area contributed by atoms with Crippen molar-refractivity contribution in [3.63, 3.8) is 0 Å². The number of alkyl halides is 3. The lowest BCUT2D eigenvalue weighted by Crippen LogP contribution is -2.15. The number of thioether (sulfide) groups is 1. The van der Waals surface area contributed by atoms with E-state index in [-0.39, 0.29) is 22.4 Å². The van der Waals surface area contributed by atoms with Gasteiger partial charge in [0, 0.05) is 11.3 Å². The van der Waals surface area contributed by atoms with Crippen LogP contribution in [0.5, 0.6) is 0 Å². The summed E-state index contributed by atoms with van der Waals surface area (Å²) < 4.78 is 40.8. The fourth-order valence-corrected chi connectivity index (χ4v) is 3.88. The number of nitrogens with zero attached hydrogens (tertiary/aromatic N) is 4. The summed E-state index contributed by atoms with van der Waals surface area (Å²) in [5.74, 6) is 1.000. The molecule has 0 fully saturated rings. The zero-order valence-corrected chi connectivity index (χ0v) is 19.1. The summed E-state index contributed by atoms with van der Waals surface area (Å²) >= 11 is 1.41. The summed E-state index contributed by atoms with van der Waals surface area (Å²) in [7, 11) is 0. The number of hydrogen-bond acceptors (Lipinski definition) is 4. The van der Waals surface area contributed by atoms with Crippen molar-refractivity contribution in [2.24, 2.45) is 5.10 Å². The van der Waals surface area contributed by atoms with Crippen molar-refractivity contribution in [1.29, 1.82) is 0 Å². The Kier molecular flexibility index (Phi) is 6.15. The Labute approximate surface area is 187 Å². The summed E-state index contributed by atoms with van der Waals surface area (Å²) in [5, 5.41) is 13.6. The molecule has 158 valence electrons. The van der Waals surface area contributed by atoms with Crippen LogP contribution in [-0.4, -0.2) is 26.3 Å². The summed E-state index contributed by atoms with van der Waals surface area (Å²) in [6.45, 7) is 6.43. The Bertz CT molecular complexity index is 1080. The van der Waals surface area contributed by atoms with Crippen LogP contribution in [0.3, 0.4) is 0 Å². The van der Waals surface area contributed by atoms with Crippen LogP contribution in [0.15, 0.2) is 58.8 Å². The molecule has 9 heteroatoms. The average Bonchev–Trinajstić information content (AvgIpc) is 3.10. The maximum absolute atomic E-state index is 13.1. The summed E-state index contributed by atoms with van der Waals surface area (Å²) in [4.78, 5) is 0. The van der Waals surface area contributed by atoms with Crippen molar-refractivity contribution in [2.75, 3.05) is 5.75 Å². The average molecular weight is 497 g/mol. The number of aromatic nitrogens is 3. The van der Waals surface area contributed by atoms with Crippen molar-refractivity contribution >= 4 is 34.5 Å². The molecule has 30 heavy (non-hydrogen) atoms. The van der Waals surface area contributed by atoms with Crippen molar-refractivity contribution in [3.05, 3.63) is 65.2 Å². The number of benzene rings is 2. The highest BCUT2D eigenvalue weighted by Crippen LogP contribution is 2.32. The van der Waals surface area contributed by atoms with Crippen molar-refractivity contribution in [2.45, 2.75) is 37.5 Å². The number of halogens is 4. The second-order valence-electron chi connectivity index (χ2n) is 7.86. The van der Waals surface area contributed by atoms with Gasteiger partial charge in [-0.05, 0) is 28.7 Å². The standard InChI is InChI=1S/C21H19F3N4S.BrH/c1-20(2,3)15-9-7-13(8-10-15)18-25-26-19-28(18)27-17(12-29-19)14-5-4-6-16(11-14)21(22,23)24;/h4-11H,12H2,1-3H3;1H. The highest BCUT2D eigenvalue weighted by atomic mass is 79.9. The minimum atomic E-state index is -4.39. The van der Waals surface area contributed by atoms with Crippen LogP contribution in [0.2, 0.25) is 0 Å². The highest BCUT2D eigenvalue weighted by molar-refractivity contribution is 8.93. The molecule has 3 aromatic rings. The molecular formula is C21H20BrF3N4S. The molecule has 0 bridgehead atoms. The minimum absolute atomic E-state index is 0. The molecule has 2 aromatic carbocycles. The Hall–Kier alpha value is -2.13. The lowest BCUT2D eigenvalue weighted by atomic mass is 9.87. The monoisotopic (exact) mass is 496 g/mol. The molecule has 1 aliphatic heterocycles. The highest BCUT2D eigenvalue weighted by Gasteiger charge is 2.31. The van der Waals surface area contributed by atoms with E-state index >= 15 is 0 Å². The smallest absolute Gasteiger partial charge is 0.187 e. The maximum Gasteiger partial charge on any atom is 0.416 e. The lowest BCUT2D eigenvalue weighted by Gasteiger charge is -2.19. The van der Waals surface area contributed by atoms with E-state index in [9.17, 15) is 13.2 Å². The van der Waals surface area contributed by atoms with Gasteiger partial charge in [-0.1, -0.05) is 68.9 Å². The summed E-state index contributed by atoms with van der Waals surface area (Å²) in [6.07, 6.45) is -4.39. The quantitative estimate of drug-likeness (QED) is 0.424. The van der Waals surface area contributed by atoms with E-state index in [1.54, 1.807) is 10.7 Å². The molecule has 4 rings (SSSR count). The van der Waals surface area contributed by atoms with Gasteiger partial charge in [0.15, 0.2) is 5.82 Å². The van der Waals surface area contributed by atoms with Crippen LogP contribution in [-0.2, 0) is 11.6 Å². The van der Waals surface area contributed by atoms with Crippen LogP contribution >= 0.6 is 28.7 Å². The third-order valence-electron chi connectivity index (χ3n) is 4.70. The molecule has 1 aromatic heterocycles. The zero-order valence-electron chi connectivity index (χ0n) is 16.6. The first-order valence-corrected chi connectivity index (χ1v) is 10.1. The SMILES string of the molecule is Br.CC(C)(C)c1ccc(-c2nnc3n2N=C(c2cccc(C(F)(F)F)c2)CS3)cc1. The van der Waals surface area contributed by atoms with Gasteiger partial charge in [-0.25, -0.2) is 0 Å². The van der Waals surface area contributed by atoms with Gasteiger partial charge in [-0.2, -0.15) is 22.9 Å². The van der Waals surface area contributed by atoms with E-state index in [2.05, 4.69) is 36.1 Å². The second kappa shape index (κ2) is 8.19. The summed E-state index contributed by atoms with van der Waals surface area (Å²) in [6, 6.07) is 13.3. The Balaban J connectivity index is 0.00000256. The molecule has 0 spiro atoms. The van der Waals surface area contributed by atoms with Gasteiger partial charge in [0.25, 0.3) is 0 Å². The van der Waals surface area contributed by atoms with E-state index in [0.717, 1.165) is 17.7 Å². The predicted octanol–water partition coefficient (Wildman–Crippen LogP) is 6.20. The topological polar surface area (TPSA) is 43.1 Å². The predicted molar refractivity (Wildman–Crippen MR) is 119 cm³/mol. The van der Waals surface area contributed by atoms with Gasteiger partial charge in [-0.3, -0.25) is 0 Å². The first-order chi connectivity index (χ1) is 13.6. The van der Waals surface area contributed by atoms with Crippen molar-refractivity contribution < 1.29 is 13.2 Å². The van der Waals surface area contributed by atoms with Crippen LogP contribution in [0, 0.1) is 0 Å². The van der Waals surface area contributed by atoms with Crippen molar-refractivity contribution in [3.8, 4) is 11.4 Å². The third-order valence-corrected chi connectivity index (χ3v) is 5.63. The molecule has 1 aliphatic rings. The molecule has 0 unspecified atom stereocenters. The van der Waals surface area contributed by atoms with E-state index in [1.165, 1.54) is 23.4 Å². The Morgan fingerprint density at radius 2 is 1.60 bits per heavy atom. The van der Waals surface area contributed by atoms with Gasteiger partial charge in [-0.15, -0.1) is 27.2 Å². The second-order valence-corrected chi connectivity index (χ2v) is 8.80. The Morgan fingerprint density at radius 1 is 0.900 bits per heavy atom. The Morgan fingerprint density at radius 3 is 2.23 bits per heavy atom. The van der Waals surface area contributed by atoms with Gasteiger partial charge in [0.05, 0.1) is 11.3 Å². The molecule has 0 saturated heterocycles. The van der Waals surface area contributed by atoms with E-state index in [1.807, 2.05) is 24.3 Å². The molecule has 0 aliphatic carbocycles.